The van der Waals surface area contributed by atoms with E-state index < -0.39 is 0 Å². The number of hydrogen-bond acceptors (Lipinski definition) is 3. The van der Waals surface area contributed by atoms with E-state index in [1.165, 1.54) is 39.6 Å². The first-order valence-electron chi connectivity index (χ1n) is 17.9. The third-order valence-electron chi connectivity index (χ3n) is 10.1. The summed E-state index contributed by atoms with van der Waals surface area (Å²) in [6.07, 6.45) is 6.61. The van der Waals surface area contributed by atoms with E-state index in [2.05, 4.69) is 150 Å². The molecule has 3 atom stereocenters. The van der Waals surface area contributed by atoms with Crippen molar-refractivity contribution in [1.29, 1.82) is 0 Å². The highest BCUT2D eigenvalue weighted by Crippen LogP contribution is 2.46. The minimum Gasteiger partial charge on any atom is -0.457 e. The third-order valence-corrected chi connectivity index (χ3v) is 10.1. The zero-order valence-corrected chi connectivity index (χ0v) is 30.6. The second kappa shape index (κ2) is 12.7. The lowest BCUT2D eigenvalue weighted by molar-refractivity contribution is 0.385. The molecule has 3 aromatic carbocycles. The predicted molar refractivity (Wildman–Crippen MR) is 204 cm³/mol. The highest BCUT2D eigenvalue weighted by molar-refractivity contribution is 6.09. The highest BCUT2D eigenvalue weighted by atomic mass is 16.5. The second-order valence-corrected chi connectivity index (χ2v) is 15.8. The van der Waals surface area contributed by atoms with Crippen LogP contribution in [-0.4, -0.2) is 19.3 Å². The van der Waals surface area contributed by atoms with Crippen molar-refractivity contribution in [3.63, 3.8) is 0 Å². The number of fused-ring (bicyclic) bond motifs is 3. The van der Waals surface area contributed by atoms with Gasteiger partial charge in [-0.3, -0.25) is 4.57 Å². The van der Waals surface area contributed by atoms with Gasteiger partial charge < -0.3 is 4.74 Å². The summed E-state index contributed by atoms with van der Waals surface area (Å²) < 4.78 is 11.1. The fourth-order valence-electron chi connectivity index (χ4n) is 8.38. The van der Waals surface area contributed by atoms with E-state index in [4.69, 9.17) is 14.8 Å². The number of rotatable bonds is 7. The van der Waals surface area contributed by atoms with Gasteiger partial charge >= 0.3 is 0 Å². The van der Waals surface area contributed by atoms with Gasteiger partial charge in [0.05, 0.1) is 28.1 Å². The Morgan fingerprint density at radius 2 is 1.61 bits per heavy atom. The maximum Gasteiger partial charge on any atom is 0.137 e. The summed E-state index contributed by atoms with van der Waals surface area (Å²) in [6.45, 7) is 20.7. The van der Waals surface area contributed by atoms with Crippen LogP contribution in [0.5, 0.6) is 11.5 Å². The Morgan fingerprint density at radius 1 is 0.857 bits per heavy atom. The van der Waals surface area contributed by atoms with Crippen molar-refractivity contribution in [2.75, 3.05) is 0 Å². The maximum absolute atomic E-state index is 6.65. The Morgan fingerprint density at radius 3 is 2.37 bits per heavy atom. The minimum atomic E-state index is -0.102. The SMILES string of the molecule is CC1=CC(C)C[C@H](C)[C@@H]1c1c(C)nn(-c2cccc(Oc3ccc4c5ccccc5n(-c5cc(CC(C)C)ccn5)c4c3)c2)c1C(C)(C)C. The number of nitrogens with zero attached hydrogens (tertiary/aromatic N) is 4. The van der Waals surface area contributed by atoms with E-state index in [1.807, 2.05) is 12.3 Å². The number of aryl methyl sites for hydroxylation is 1. The average Bonchev–Trinajstić information content (AvgIpc) is 3.55. The number of para-hydroxylation sites is 1. The Labute approximate surface area is 291 Å². The molecule has 0 N–H and O–H groups in total. The molecule has 1 aliphatic carbocycles. The molecule has 0 saturated heterocycles. The van der Waals surface area contributed by atoms with E-state index >= 15 is 0 Å². The van der Waals surface area contributed by atoms with E-state index in [9.17, 15) is 0 Å². The number of ether oxygens (including phenoxy) is 1. The molecule has 0 fully saturated rings. The van der Waals surface area contributed by atoms with E-state index in [0.29, 0.717) is 23.7 Å². The molecular weight excluding hydrogens is 601 g/mol. The number of hydrogen-bond donors (Lipinski definition) is 0. The first-order chi connectivity index (χ1) is 23.4. The van der Waals surface area contributed by atoms with Gasteiger partial charge in [-0.15, -0.1) is 0 Å². The molecule has 0 bridgehead atoms. The van der Waals surface area contributed by atoms with Gasteiger partial charge in [-0.2, -0.15) is 5.10 Å². The monoisotopic (exact) mass is 650 g/mol. The molecule has 1 aliphatic rings. The molecule has 7 rings (SSSR count). The molecule has 3 heterocycles. The van der Waals surface area contributed by atoms with Crippen molar-refractivity contribution in [2.24, 2.45) is 17.8 Å². The maximum atomic E-state index is 6.65. The zero-order chi connectivity index (χ0) is 34.6. The van der Waals surface area contributed by atoms with Crippen LogP contribution in [0.3, 0.4) is 0 Å². The van der Waals surface area contributed by atoms with Gasteiger partial charge in [-0.25, -0.2) is 9.67 Å². The molecule has 0 radical (unpaired) electrons. The van der Waals surface area contributed by atoms with Gasteiger partial charge in [-0.05, 0) is 92.5 Å². The average molecular weight is 651 g/mol. The van der Waals surface area contributed by atoms with Crippen LogP contribution in [0.25, 0.3) is 33.3 Å². The predicted octanol–water partition coefficient (Wildman–Crippen LogP) is 11.7. The Balaban J connectivity index is 1.29. The lowest BCUT2D eigenvalue weighted by Gasteiger charge is -2.34. The molecule has 6 aromatic rings. The van der Waals surface area contributed by atoms with Gasteiger partial charge in [-0.1, -0.05) is 84.4 Å². The summed E-state index contributed by atoms with van der Waals surface area (Å²) in [5.74, 6) is 4.60. The van der Waals surface area contributed by atoms with Crippen molar-refractivity contribution in [1.82, 2.24) is 19.3 Å². The normalized spacial score (nSPS) is 18.4. The van der Waals surface area contributed by atoms with Crippen LogP contribution in [0.2, 0.25) is 0 Å². The molecule has 5 nitrogen and oxygen atoms in total. The largest absolute Gasteiger partial charge is 0.457 e. The molecule has 1 unspecified atom stereocenters. The molecule has 0 saturated carbocycles. The van der Waals surface area contributed by atoms with Crippen LogP contribution in [-0.2, 0) is 11.8 Å². The molecular formula is C44H50N4O. The van der Waals surface area contributed by atoms with E-state index in [-0.39, 0.29) is 5.41 Å². The standard InChI is InChI=1S/C44H50N4O/c1-27(2)21-32-19-20-45-40(24-32)47-38-16-11-10-15-36(38)37-18-17-35(26-39(37)47)49-34-14-12-13-33(25-34)48-43(44(7,8)9)42(31(6)46-48)41-29(4)22-28(3)23-30(41)5/h10-20,22,24-28,30,41H,21,23H2,1-9H3/t28?,30-,41+/m0/s1. The van der Waals surface area contributed by atoms with Gasteiger partial charge in [0.2, 0.25) is 0 Å². The van der Waals surface area contributed by atoms with Crippen LogP contribution in [0, 0.1) is 24.7 Å². The summed E-state index contributed by atoms with van der Waals surface area (Å²) in [4.78, 5) is 4.84. The van der Waals surface area contributed by atoms with Gasteiger partial charge in [0.1, 0.15) is 17.3 Å². The van der Waals surface area contributed by atoms with Gasteiger partial charge in [0.25, 0.3) is 0 Å². The summed E-state index contributed by atoms with van der Waals surface area (Å²) >= 11 is 0. The number of aromatic nitrogens is 4. The summed E-state index contributed by atoms with van der Waals surface area (Å²) in [5, 5.41) is 7.60. The molecule has 3 aromatic heterocycles. The Bertz CT molecular complexity index is 2190. The van der Waals surface area contributed by atoms with Crippen molar-refractivity contribution in [3.05, 3.63) is 119 Å². The Hall–Kier alpha value is -4.64. The lowest BCUT2D eigenvalue weighted by atomic mass is 9.70. The molecule has 0 amide bonds. The minimum absolute atomic E-state index is 0.102. The quantitative estimate of drug-likeness (QED) is 0.162. The summed E-state index contributed by atoms with van der Waals surface area (Å²) in [6, 6.07) is 27.7. The van der Waals surface area contributed by atoms with Crippen LogP contribution in [0.4, 0.5) is 0 Å². The van der Waals surface area contributed by atoms with Crippen molar-refractivity contribution in [2.45, 2.75) is 86.5 Å². The fraction of sp³-hybridized carbons (Fsp3) is 0.364. The van der Waals surface area contributed by atoms with Crippen LogP contribution in [0.1, 0.15) is 90.2 Å². The lowest BCUT2D eigenvalue weighted by Crippen LogP contribution is -2.25. The first-order valence-corrected chi connectivity index (χ1v) is 17.9. The third kappa shape index (κ3) is 6.20. The van der Waals surface area contributed by atoms with Crippen LogP contribution in [0.15, 0.2) is 96.7 Å². The smallest absolute Gasteiger partial charge is 0.137 e. The van der Waals surface area contributed by atoms with Crippen LogP contribution >= 0.6 is 0 Å². The topological polar surface area (TPSA) is 44.9 Å². The molecule has 5 heteroatoms. The molecule has 0 aliphatic heterocycles. The van der Waals surface area contributed by atoms with Gasteiger partial charge in [0, 0.05) is 46.0 Å². The van der Waals surface area contributed by atoms with Gasteiger partial charge in [0.15, 0.2) is 0 Å². The van der Waals surface area contributed by atoms with E-state index in [1.54, 1.807) is 0 Å². The van der Waals surface area contributed by atoms with Crippen molar-refractivity contribution in [3.8, 4) is 23.0 Å². The molecule has 252 valence electrons. The zero-order valence-electron chi connectivity index (χ0n) is 30.6. The molecule has 0 spiro atoms. The number of pyridine rings is 1. The number of benzene rings is 3. The first kappa shape index (κ1) is 32.9. The fourth-order valence-corrected chi connectivity index (χ4v) is 8.38. The summed E-state index contributed by atoms with van der Waals surface area (Å²) in [5.41, 5.74) is 9.65. The second-order valence-electron chi connectivity index (χ2n) is 15.8. The van der Waals surface area contributed by atoms with Crippen LogP contribution < -0.4 is 4.74 Å². The van der Waals surface area contributed by atoms with Crippen molar-refractivity contribution < 1.29 is 4.74 Å². The Kier molecular flexibility index (Phi) is 8.50. The van der Waals surface area contributed by atoms with E-state index in [0.717, 1.165) is 46.2 Å². The highest BCUT2D eigenvalue weighted by Gasteiger charge is 2.36. The molecule has 49 heavy (non-hydrogen) atoms. The summed E-state index contributed by atoms with van der Waals surface area (Å²) in [7, 11) is 0. The number of allylic oxidation sites excluding steroid dienone is 2. The van der Waals surface area contributed by atoms with Crippen molar-refractivity contribution >= 4 is 21.8 Å².